The molecule has 1 heterocycles. The van der Waals surface area contributed by atoms with Crippen molar-refractivity contribution in [2.75, 3.05) is 6.54 Å². The molecule has 1 N–H and O–H groups in total. The maximum absolute atomic E-state index is 3.67. The van der Waals surface area contributed by atoms with Gasteiger partial charge in [0.05, 0.1) is 3.79 Å². The van der Waals surface area contributed by atoms with Gasteiger partial charge >= 0.3 is 0 Å². The van der Waals surface area contributed by atoms with E-state index in [-0.39, 0.29) is 5.41 Å². The summed E-state index contributed by atoms with van der Waals surface area (Å²) in [6, 6.07) is 15.6. The standard InChI is InChI=1S/C17H22BrNS/c1-4-19-15(12-14-10-11-16(18)20-14)17(2,3)13-8-6-5-7-9-13/h5-11,15,19H,4,12H2,1-3H3. The van der Waals surface area contributed by atoms with Gasteiger partial charge < -0.3 is 5.32 Å². The highest BCUT2D eigenvalue weighted by molar-refractivity contribution is 9.11. The van der Waals surface area contributed by atoms with Gasteiger partial charge in [-0.2, -0.15) is 0 Å². The van der Waals surface area contributed by atoms with Gasteiger partial charge in [0.15, 0.2) is 0 Å². The van der Waals surface area contributed by atoms with Gasteiger partial charge in [0, 0.05) is 16.3 Å². The maximum Gasteiger partial charge on any atom is 0.0701 e. The van der Waals surface area contributed by atoms with E-state index in [1.807, 2.05) is 11.3 Å². The third-order valence-electron chi connectivity index (χ3n) is 3.87. The molecule has 0 saturated carbocycles. The number of hydrogen-bond donors (Lipinski definition) is 1. The van der Waals surface area contributed by atoms with Gasteiger partial charge in [0.2, 0.25) is 0 Å². The summed E-state index contributed by atoms with van der Waals surface area (Å²) in [5, 5.41) is 3.67. The predicted molar refractivity (Wildman–Crippen MR) is 92.7 cm³/mol. The van der Waals surface area contributed by atoms with Crippen LogP contribution < -0.4 is 5.32 Å². The molecule has 3 heteroatoms. The SMILES string of the molecule is CCNC(Cc1ccc(Br)s1)C(C)(C)c1ccccc1. The van der Waals surface area contributed by atoms with E-state index in [9.17, 15) is 0 Å². The molecular formula is C17H22BrNS. The second-order valence-electron chi connectivity index (χ2n) is 5.61. The molecule has 1 unspecified atom stereocenters. The van der Waals surface area contributed by atoms with Gasteiger partial charge in [-0.25, -0.2) is 0 Å². The van der Waals surface area contributed by atoms with Gasteiger partial charge in [-0.1, -0.05) is 51.1 Å². The lowest BCUT2D eigenvalue weighted by atomic mass is 9.76. The molecule has 0 aliphatic heterocycles. The molecule has 0 amide bonds. The van der Waals surface area contributed by atoms with Crippen LogP contribution in [0.1, 0.15) is 31.2 Å². The zero-order valence-corrected chi connectivity index (χ0v) is 14.7. The molecule has 0 aliphatic rings. The van der Waals surface area contributed by atoms with Crippen LogP contribution >= 0.6 is 27.3 Å². The van der Waals surface area contributed by atoms with Crippen LogP contribution in [0.25, 0.3) is 0 Å². The van der Waals surface area contributed by atoms with Gasteiger partial charge in [-0.15, -0.1) is 11.3 Å². The first-order valence-electron chi connectivity index (χ1n) is 7.07. The van der Waals surface area contributed by atoms with Crippen LogP contribution in [0.5, 0.6) is 0 Å². The molecule has 1 nitrogen and oxygen atoms in total. The van der Waals surface area contributed by atoms with Crippen molar-refractivity contribution in [3.05, 3.63) is 56.7 Å². The highest BCUT2D eigenvalue weighted by Gasteiger charge is 2.30. The molecule has 2 rings (SSSR count). The number of thiophene rings is 1. The summed E-state index contributed by atoms with van der Waals surface area (Å²) in [4.78, 5) is 1.42. The normalized spacial score (nSPS) is 13.4. The number of halogens is 1. The number of likely N-dealkylation sites (N-methyl/N-ethyl adjacent to an activating group) is 1. The molecule has 0 radical (unpaired) electrons. The van der Waals surface area contributed by atoms with Crippen LogP contribution in [0.15, 0.2) is 46.3 Å². The quantitative estimate of drug-likeness (QED) is 0.771. The topological polar surface area (TPSA) is 12.0 Å². The highest BCUT2D eigenvalue weighted by atomic mass is 79.9. The zero-order chi connectivity index (χ0) is 14.6. The van der Waals surface area contributed by atoms with Crippen molar-refractivity contribution in [1.29, 1.82) is 0 Å². The first-order valence-corrected chi connectivity index (χ1v) is 8.68. The zero-order valence-electron chi connectivity index (χ0n) is 12.3. The van der Waals surface area contributed by atoms with Crippen molar-refractivity contribution in [3.63, 3.8) is 0 Å². The summed E-state index contributed by atoms with van der Waals surface area (Å²) in [5.41, 5.74) is 1.50. The lowest BCUT2D eigenvalue weighted by Gasteiger charge is -2.35. The summed E-state index contributed by atoms with van der Waals surface area (Å²) in [6.45, 7) is 7.84. The number of benzene rings is 1. The second-order valence-corrected chi connectivity index (χ2v) is 8.16. The van der Waals surface area contributed by atoms with E-state index < -0.39 is 0 Å². The van der Waals surface area contributed by atoms with Crippen LogP contribution in [0, 0.1) is 0 Å². The van der Waals surface area contributed by atoms with E-state index in [2.05, 4.69) is 84.5 Å². The fraction of sp³-hybridized carbons (Fsp3) is 0.412. The predicted octanol–water partition coefficient (Wildman–Crippen LogP) is 5.01. The van der Waals surface area contributed by atoms with Crippen LogP contribution in [-0.4, -0.2) is 12.6 Å². The molecule has 0 fully saturated rings. The molecular weight excluding hydrogens is 330 g/mol. The smallest absolute Gasteiger partial charge is 0.0701 e. The molecule has 0 aliphatic carbocycles. The summed E-state index contributed by atoms with van der Waals surface area (Å²) in [7, 11) is 0. The molecule has 0 bridgehead atoms. The largest absolute Gasteiger partial charge is 0.313 e. The average Bonchev–Trinajstić information content (AvgIpc) is 2.85. The van der Waals surface area contributed by atoms with Crippen molar-refractivity contribution < 1.29 is 0 Å². The van der Waals surface area contributed by atoms with Gasteiger partial charge in [0.1, 0.15) is 0 Å². The van der Waals surface area contributed by atoms with Gasteiger partial charge in [-0.05, 0) is 46.6 Å². The van der Waals surface area contributed by atoms with Gasteiger partial charge in [0.25, 0.3) is 0 Å². The molecule has 2 aromatic rings. The molecule has 0 spiro atoms. The Morgan fingerprint density at radius 3 is 2.40 bits per heavy atom. The number of nitrogens with one attached hydrogen (secondary N) is 1. The monoisotopic (exact) mass is 351 g/mol. The van der Waals surface area contributed by atoms with Crippen molar-refractivity contribution in [1.82, 2.24) is 5.32 Å². The minimum absolute atomic E-state index is 0.105. The summed E-state index contributed by atoms with van der Waals surface area (Å²) in [5.74, 6) is 0. The first kappa shape index (κ1) is 15.7. The lowest BCUT2D eigenvalue weighted by Crippen LogP contribution is -2.46. The van der Waals surface area contributed by atoms with E-state index in [4.69, 9.17) is 0 Å². The number of hydrogen-bond acceptors (Lipinski definition) is 2. The van der Waals surface area contributed by atoms with E-state index in [0.29, 0.717) is 6.04 Å². The fourth-order valence-electron chi connectivity index (χ4n) is 2.56. The van der Waals surface area contributed by atoms with E-state index >= 15 is 0 Å². The molecule has 0 saturated heterocycles. The second kappa shape index (κ2) is 6.88. The van der Waals surface area contributed by atoms with Crippen molar-refractivity contribution in [2.24, 2.45) is 0 Å². The average molecular weight is 352 g/mol. The Kier molecular flexibility index (Phi) is 5.42. The van der Waals surface area contributed by atoms with Crippen molar-refractivity contribution in [2.45, 2.75) is 38.6 Å². The summed E-state index contributed by atoms with van der Waals surface area (Å²) < 4.78 is 1.21. The van der Waals surface area contributed by atoms with Crippen LogP contribution in [0.2, 0.25) is 0 Å². The molecule has 1 aromatic heterocycles. The summed E-state index contributed by atoms with van der Waals surface area (Å²) >= 11 is 5.38. The van der Waals surface area contributed by atoms with Crippen molar-refractivity contribution >= 4 is 27.3 Å². The van der Waals surface area contributed by atoms with E-state index in [0.717, 1.165) is 13.0 Å². The van der Waals surface area contributed by atoms with E-state index in [1.54, 1.807) is 0 Å². The molecule has 1 atom stereocenters. The third kappa shape index (κ3) is 3.72. The lowest BCUT2D eigenvalue weighted by molar-refractivity contribution is 0.344. The van der Waals surface area contributed by atoms with Crippen LogP contribution in [0.3, 0.4) is 0 Å². The molecule has 20 heavy (non-hydrogen) atoms. The third-order valence-corrected chi connectivity index (χ3v) is 5.52. The fourth-order valence-corrected chi connectivity index (χ4v) is 4.09. The first-order chi connectivity index (χ1) is 9.54. The maximum atomic E-state index is 3.67. The Bertz CT molecular complexity index is 533. The summed E-state index contributed by atoms with van der Waals surface area (Å²) in [6.07, 6.45) is 1.06. The van der Waals surface area contributed by atoms with E-state index in [1.165, 1.54) is 14.2 Å². The minimum atomic E-state index is 0.105. The Labute approximate surface area is 134 Å². The van der Waals surface area contributed by atoms with Crippen LogP contribution in [0.4, 0.5) is 0 Å². The molecule has 108 valence electrons. The highest BCUT2D eigenvalue weighted by Crippen LogP contribution is 2.31. The Balaban J connectivity index is 2.23. The minimum Gasteiger partial charge on any atom is -0.313 e. The Morgan fingerprint density at radius 2 is 1.85 bits per heavy atom. The Hall–Kier alpha value is -0.640. The number of rotatable bonds is 6. The van der Waals surface area contributed by atoms with Crippen LogP contribution in [-0.2, 0) is 11.8 Å². The molecule has 1 aromatic carbocycles. The van der Waals surface area contributed by atoms with Gasteiger partial charge in [-0.3, -0.25) is 0 Å². The van der Waals surface area contributed by atoms with Crippen molar-refractivity contribution in [3.8, 4) is 0 Å². The Morgan fingerprint density at radius 1 is 1.15 bits per heavy atom.